The summed E-state index contributed by atoms with van der Waals surface area (Å²) in [5.41, 5.74) is 3.28. The van der Waals surface area contributed by atoms with Gasteiger partial charge in [-0.05, 0) is 94.7 Å². The van der Waals surface area contributed by atoms with E-state index in [1.54, 1.807) is 12.1 Å². The van der Waals surface area contributed by atoms with E-state index in [1.165, 1.54) is 7.11 Å². The predicted molar refractivity (Wildman–Crippen MR) is 170 cm³/mol. The first-order chi connectivity index (χ1) is 20.7. The van der Waals surface area contributed by atoms with Crippen LogP contribution in [-0.2, 0) is 9.53 Å². The molecule has 1 aromatic heterocycles. The lowest BCUT2D eigenvalue weighted by Crippen LogP contribution is -2.56. The first kappa shape index (κ1) is 32.3. The summed E-state index contributed by atoms with van der Waals surface area (Å²) < 4.78 is 17.0. The molecule has 1 aliphatic carbocycles. The van der Waals surface area contributed by atoms with E-state index in [9.17, 15) is 9.59 Å². The molecule has 8 nitrogen and oxygen atoms in total. The molecule has 2 aromatic carbocycles. The maximum Gasteiger partial charge on any atom is 0.331 e. The molecule has 1 N–H and O–H groups in total. The summed E-state index contributed by atoms with van der Waals surface area (Å²) in [4.78, 5) is 33.5. The van der Waals surface area contributed by atoms with Crippen molar-refractivity contribution in [3.8, 4) is 33.9 Å². The van der Waals surface area contributed by atoms with Crippen molar-refractivity contribution in [3.05, 3.63) is 64.8 Å². The standard InChI is InChI=1S/C34H42ClN3O5/c1-6-42-25-13-11-23(2)27(22-25)26-14-16-29(32(39)37-34(33(40)41-5)17-8-7-9-18-34)36-31(26)24-12-15-28(35)30(21-24)43-20-10-19-38(3)4/h11-16,21-22H,6-10,17-20H2,1-5H3,(H,37,39). The van der Waals surface area contributed by atoms with Gasteiger partial charge >= 0.3 is 5.97 Å². The summed E-state index contributed by atoms with van der Waals surface area (Å²) in [6.45, 7) is 5.92. The number of nitrogens with one attached hydrogen (secondary N) is 1. The van der Waals surface area contributed by atoms with Crippen LogP contribution in [0.3, 0.4) is 0 Å². The second-order valence-corrected chi connectivity index (χ2v) is 11.6. The number of carbonyl (C=O) groups excluding carboxylic acids is 2. The van der Waals surface area contributed by atoms with Crippen LogP contribution in [0.4, 0.5) is 0 Å². The second kappa shape index (κ2) is 14.7. The van der Waals surface area contributed by atoms with Gasteiger partial charge in [0.05, 0.1) is 31.0 Å². The Hall–Kier alpha value is -3.62. The minimum Gasteiger partial charge on any atom is -0.494 e. The molecule has 9 heteroatoms. The molecule has 0 unspecified atom stereocenters. The fraction of sp³-hybridized carbons (Fsp3) is 0.441. The molecule has 0 aliphatic heterocycles. The summed E-state index contributed by atoms with van der Waals surface area (Å²) in [7, 11) is 5.40. The minimum absolute atomic E-state index is 0.203. The predicted octanol–water partition coefficient (Wildman–Crippen LogP) is 6.71. The number of hydrogen-bond donors (Lipinski definition) is 1. The van der Waals surface area contributed by atoms with Gasteiger partial charge in [0.15, 0.2) is 0 Å². The molecule has 0 atom stereocenters. The monoisotopic (exact) mass is 607 g/mol. The van der Waals surface area contributed by atoms with Crippen LogP contribution in [0.2, 0.25) is 5.02 Å². The van der Waals surface area contributed by atoms with Crippen molar-refractivity contribution in [2.24, 2.45) is 0 Å². The normalized spacial score (nSPS) is 14.3. The Kier molecular flexibility index (Phi) is 11.0. The maximum absolute atomic E-state index is 13.7. The number of benzene rings is 2. The van der Waals surface area contributed by atoms with Crippen molar-refractivity contribution < 1.29 is 23.8 Å². The molecule has 1 amide bonds. The largest absolute Gasteiger partial charge is 0.494 e. The SMILES string of the molecule is CCOc1ccc(C)c(-c2ccc(C(=O)NC3(C(=O)OC)CCCCC3)nc2-c2ccc(Cl)c(OCCCN(C)C)c2)c1. The Morgan fingerprint density at radius 2 is 1.77 bits per heavy atom. The van der Waals surface area contributed by atoms with Crippen LogP contribution >= 0.6 is 11.6 Å². The van der Waals surface area contributed by atoms with E-state index < -0.39 is 17.4 Å². The van der Waals surface area contributed by atoms with Gasteiger partial charge in [0, 0.05) is 17.7 Å². The highest BCUT2D eigenvalue weighted by Gasteiger charge is 2.42. The molecular weight excluding hydrogens is 566 g/mol. The van der Waals surface area contributed by atoms with E-state index in [1.807, 2.05) is 64.3 Å². The molecule has 1 fully saturated rings. The van der Waals surface area contributed by atoms with E-state index in [2.05, 4.69) is 10.2 Å². The third-order valence-corrected chi connectivity index (χ3v) is 8.10. The molecule has 0 saturated heterocycles. The van der Waals surface area contributed by atoms with Crippen LogP contribution in [0.5, 0.6) is 11.5 Å². The summed E-state index contributed by atoms with van der Waals surface area (Å²) in [6.07, 6.45) is 4.60. The third-order valence-electron chi connectivity index (χ3n) is 7.79. The second-order valence-electron chi connectivity index (χ2n) is 11.2. The summed E-state index contributed by atoms with van der Waals surface area (Å²) >= 11 is 6.53. The number of nitrogens with zero attached hydrogens (tertiary/aromatic N) is 2. The Bertz CT molecular complexity index is 1440. The van der Waals surface area contributed by atoms with E-state index in [0.717, 1.165) is 60.2 Å². The van der Waals surface area contributed by atoms with Crippen molar-refractivity contribution >= 4 is 23.5 Å². The number of esters is 1. The number of aromatic nitrogens is 1. The number of aryl methyl sites for hydroxylation is 1. The number of rotatable bonds is 12. The van der Waals surface area contributed by atoms with Crippen molar-refractivity contribution in [3.63, 3.8) is 0 Å². The number of pyridine rings is 1. The fourth-order valence-electron chi connectivity index (χ4n) is 5.51. The first-order valence-electron chi connectivity index (χ1n) is 14.9. The summed E-state index contributed by atoms with van der Waals surface area (Å²) in [5.74, 6) is 0.449. The van der Waals surface area contributed by atoms with Crippen molar-refractivity contribution in [2.75, 3.05) is 41.0 Å². The Morgan fingerprint density at radius 1 is 1.00 bits per heavy atom. The zero-order valence-electron chi connectivity index (χ0n) is 25.8. The zero-order chi connectivity index (χ0) is 31.0. The van der Waals surface area contributed by atoms with Crippen LogP contribution in [0.25, 0.3) is 22.4 Å². The molecule has 3 aromatic rings. The smallest absolute Gasteiger partial charge is 0.331 e. The lowest BCUT2D eigenvalue weighted by Gasteiger charge is -2.35. The number of hydrogen-bond acceptors (Lipinski definition) is 7. The van der Waals surface area contributed by atoms with Gasteiger partial charge in [-0.1, -0.05) is 43.0 Å². The average molecular weight is 608 g/mol. The number of methoxy groups -OCH3 is 1. The highest BCUT2D eigenvalue weighted by Crippen LogP contribution is 2.38. The van der Waals surface area contributed by atoms with Crippen LogP contribution in [0.1, 0.15) is 61.5 Å². The summed E-state index contributed by atoms with van der Waals surface area (Å²) in [5, 5.41) is 3.49. The number of halogens is 1. The molecular formula is C34H42ClN3O5. The van der Waals surface area contributed by atoms with Gasteiger partial charge in [-0.3, -0.25) is 4.79 Å². The van der Waals surface area contributed by atoms with Crippen LogP contribution in [-0.4, -0.2) is 68.3 Å². The Labute approximate surface area is 259 Å². The molecule has 4 rings (SSSR count). The van der Waals surface area contributed by atoms with Crippen molar-refractivity contribution in [2.45, 2.75) is 57.9 Å². The maximum atomic E-state index is 13.7. The topological polar surface area (TPSA) is 90.0 Å². The molecule has 0 spiro atoms. The zero-order valence-corrected chi connectivity index (χ0v) is 26.6. The van der Waals surface area contributed by atoms with E-state index in [-0.39, 0.29) is 5.69 Å². The van der Waals surface area contributed by atoms with Gasteiger partial charge in [-0.25, -0.2) is 9.78 Å². The molecule has 1 heterocycles. The molecule has 1 saturated carbocycles. The van der Waals surface area contributed by atoms with E-state index in [0.29, 0.717) is 42.5 Å². The Morgan fingerprint density at radius 3 is 2.47 bits per heavy atom. The lowest BCUT2D eigenvalue weighted by atomic mass is 9.81. The number of carbonyl (C=O) groups is 2. The van der Waals surface area contributed by atoms with Crippen LogP contribution in [0.15, 0.2) is 48.5 Å². The van der Waals surface area contributed by atoms with E-state index >= 15 is 0 Å². The van der Waals surface area contributed by atoms with Gasteiger partial charge in [0.1, 0.15) is 22.7 Å². The first-order valence-corrected chi connectivity index (χ1v) is 15.3. The Balaban J connectivity index is 1.77. The molecule has 0 radical (unpaired) electrons. The van der Waals surface area contributed by atoms with Gasteiger partial charge in [0.2, 0.25) is 0 Å². The van der Waals surface area contributed by atoms with Crippen LogP contribution < -0.4 is 14.8 Å². The molecule has 1 aliphatic rings. The van der Waals surface area contributed by atoms with Crippen molar-refractivity contribution in [1.82, 2.24) is 15.2 Å². The van der Waals surface area contributed by atoms with E-state index in [4.69, 9.17) is 30.8 Å². The molecule has 43 heavy (non-hydrogen) atoms. The number of ether oxygens (including phenoxy) is 3. The van der Waals surface area contributed by atoms with Crippen LogP contribution in [0, 0.1) is 6.92 Å². The fourth-order valence-corrected chi connectivity index (χ4v) is 5.68. The number of amides is 1. The van der Waals surface area contributed by atoms with Gasteiger partial charge in [0.25, 0.3) is 5.91 Å². The quantitative estimate of drug-likeness (QED) is 0.181. The average Bonchev–Trinajstić information content (AvgIpc) is 3.01. The van der Waals surface area contributed by atoms with Gasteiger partial charge < -0.3 is 24.4 Å². The summed E-state index contributed by atoms with van der Waals surface area (Å²) in [6, 6.07) is 15.1. The highest BCUT2D eigenvalue weighted by atomic mass is 35.5. The molecule has 0 bridgehead atoms. The molecule has 230 valence electrons. The lowest BCUT2D eigenvalue weighted by molar-refractivity contribution is -0.149. The van der Waals surface area contributed by atoms with Crippen molar-refractivity contribution in [1.29, 1.82) is 0 Å². The third kappa shape index (κ3) is 7.86. The van der Waals surface area contributed by atoms with Gasteiger partial charge in [-0.15, -0.1) is 0 Å². The van der Waals surface area contributed by atoms with Gasteiger partial charge in [-0.2, -0.15) is 0 Å². The minimum atomic E-state index is -1.05. The highest BCUT2D eigenvalue weighted by molar-refractivity contribution is 6.32.